The zero-order chi connectivity index (χ0) is 31.5. The van der Waals surface area contributed by atoms with Gasteiger partial charge in [-0.25, -0.2) is 15.0 Å². The van der Waals surface area contributed by atoms with E-state index in [1.165, 1.54) is 31.3 Å². The number of benzene rings is 6. The van der Waals surface area contributed by atoms with Gasteiger partial charge in [-0.15, -0.1) is 11.3 Å². The molecule has 2 aromatic heterocycles. The first-order valence-corrected chi connectivity index (χ1v) is 16.6. The number of hydrogen-bond donors (Lipinski definition) is 0. The molecular weight excluding hydrogens is 595 g/mol. The van der Waals surface area contributed by atoms with Crippen molar-refractivity contribution in [2.24, 2.45) is 0 Å². The van der Waals surface area contributed by atoms with Gasteiger partial charge in [0.15, 0.2) is 17.5 Å². The SMILES string of the molecule is CC1(C)Oc2cc(-c3ccc(-c4nc(-c5ccccc5)nc(-c5ccc6c(c5)sc5ccccc56)n4)cc3)ccc2-c2ccccc21. The summed E-state index contributed by atoms with van der Waals surface area (Å²) in [6.45, 7) is 4.26. The zero-order valence-corrected chi connectivity index (χ0v) is 26.8. The molecule has 1 aliphatic heterocycles. The molecule has 0 spiro atoms. The van der Waals surface area contributed by atoms with E-state index in [4.69, 9.17) is 19.7 Å². The summed E-state index contributed by atoms with van der Waals surface area (Å²) in [4.78, 5) is 14.9. The van der Waals surface area contributed by atoms with Gasteiger partial charge in [0, 0.05) is 48.0 Å². The third-order valence-corrected chi connectivity index (χ3v) is 10.1. The Morgan fingerprint density at radius 2 is 1.06 bits per heavy atom. The maximum absolute atomic E-state index is 6.53. The molecule has 224 valence electrons. The van der Waals surface area contributed by atoms with Crippen LogP contribution in [0.1, 0.15) is 19.4 Å². The molecule has 0 atom stereocenters. The number of thiophene rings is 1. The van der Waals surface area contributed by atoms with Gasteiger partial charge < -0.3 is 4.74 Å². The highest BCUT2D eigenvalue weighted by molar-refractivity contribution is 7.25. The number of nitrogens with zero attached hydrogens (tertiary/aromatic N) is 3. The molecule has 0 unspecified atom stereocenters. The van der Waals surface area contributed by atoms with Gasteiger partial charge in [0.2, 0.25) is 0 Å². The minimum absolute atomic E-state index is 0.402. The molecule has 3 heterocycles. The lowest BCUT2D eigenvalue weighted by atomic mass is 9.85. The van der Waals surface area contributed by atoms with Crippen molar-refractivity contribution in [2.45, 2.75) is 19.4 Å². The summed E-state index contributed by atoms with van der Waals surface area (Å²) in [6, 6.07) is 48.6. The maximum atomic E-state index is 6.53. The number of ether oxygens (including phenoxy) is 1. The van der Waals surface area contributed by atoms with E-state index in [-0.39, 0.29) is 0 Å². The quantitative estimate of drug-likeness (QED) is 0.196. The van der Waals surface area contributed by atoms with Crippen molar-refractivity contribution >= 4 is 31.5 Å². The zero-order valence-electron chi connectivity index (χ0n) is 25.9. The summed E-state index contributed by atoms with van der Waals surface area (Å²) >= 11 is 1.80. The van der Waals surface area contributed by atoms with Crippen LogP contribution < -0.4 is 4.74 Å². The Labute approximate surface area is 277 Å². The molecule has 0 saturated carbocycles. The molecule has 0 N–H and O–H groups in total. The first-order chi connectivity index (χ1) is 23.0. The van der Waals surface area contributed by atoms with Crippen molar-refractivity contribution in [3.05, 3.63) is 145 Å². The van der Waals surface area contributed by atoms with Crippen LogP contribution in [-0.2, 0) is 5.60 Å². The Kier molecular flexibility index (Phi) is 6.30. The van der Waals surface area contributed by atoms with Gasteiger partial charge in [-0.05, 0) is 48.7 Å². The minimum atomic E-state index is -0.402. The molecule has 9 rings (SSSR count). The number of rotatable bonds is 4. The highest BCUT2D eigenvalue weighted by atomic mass is 32.1. The molecule has 8 aromatic rings. The van der Waals surface area contributed by atoms with Crippen molar-refractivity contribution in [1.29, 1.82) is 0 Å². The molecule has 4 nitrogen and oxygen atoms in total. The van der Waals surface area contributed by atoms with Crippen LogP contribution in [0.2, 0.25) is 0 Å². The van der Waals surface area contributed by atoms with E-state index in [2.05, 4.69) is 123 Å². The summed E-state index contributed by atoms with van der Waals surface area (Å²) in [7, 11) is 0. The molecule has 0 radical (unpaired) electrons. The normalized spacial score (nSPS) is 13.2. The Morgan fingerprint density at radius 1 is 0.468 bits per heavy atom. The molecule has 47 heavy (non-hydrogen) atoms. The van der Waals surface area contributed by atoms with E-state index in [1.807, 2.05) is 30.3 Å². The summed E-state index contributed by atoms with van der Waals surface area (Å²) in [5, 5.41) is 2.53. The fourth-order valence-corrected chi connectivity index (χ4v) is 7.75. The molecule has 5 heteroatoms. The average molecular weight is 624 g/mol. The monoisotopic (exact) mass is 623 g/mol. The van der Waals surface area contributed by atoms with E-state index in [0.29, 0.717) is 17.5 Å². The van der Waals surface area contributed by atoms with Crippen LogP contribution >= 0.6 is 11.3 Å². The van der Waals surface area contributed by atoms with Crippen molar-refractivity contribution in [1.82, 2.24) is 15.0 Å². The Bertz CT molecular complexity index is 2460. The fourth-order valence-electron chi connectivity index (χ4n) is 6.61. The number of hydrogen-bond acceptors (Lipinski definition) is 5. The smallest absolute Gasteiger partial charge is 0.164 e. The fraction of sp³-hybridized carbons (Fsp3) is 0.0714. The summed E-state index contributed by atoms with van der Waals surface area (Å²) < 4.78 is 9.03. The first-order valence-electron chi connectivity index (χ1n) is 15.8. The summed E-state index contributed by atoms with van der Waals surface area (Å²) in [5.41, 5.74) is 8.22. The average Bonchev–Trinajstić information content (AvgIpc) is 3.49. The highest BCUT2D eigenvalue weighted by Gasteiger charge is 2.32. The molecule has 0 fully saturated rings. The second-order valence-corrected chi connectivity index (χ2v) is 13.5. The van der Waals surface area contributed by atoms with Crippen molar-refractivity contribution in [2.75, 3.05) is 0 Å². The second-order valence-electron chi connectivity index (χ2n) is 12.4. The van der Waals surface area contributed by atoms with Gasteiger partial charge >= 0.3 is 0 Å². The standard InChI is InChI=1S/C42H29N3OS/c1-42(2)35-14-8-6-12-31(35)32-22-20-29(24-36(32)46-42)26-16-18-28(19-17-26)40-43-39(27-10-4-3-5-11-27)44-41(45-40)30-21-23-34-33-13-7-9-15-37(33)47-38(34)25-30/h3-25H,1-2H3. The van der Waals surface area contributed by atoms with E-state index in [1.54, 1.807) is 11.3 Å². The molecule has 1 aliphatic rings. The van der Waals surface area contributed by atoms with E-state index < -0.39 is 5.60 Å². The molecule has 0 aliphatic carbocycles. The maximum Gasteiger partial charge on any atom is 0.164 e. The Balaban J connectivity index is 1.11. The second kappa shape index (κ2) is 10.7. The van der Waals surface area contributed by atoms with Gasteiger partial charge in [0.25, 0.3) is 0 Å². The third kappa shape index (κ3) is 4.79. The topological polar surface area (TPSA) is 47.9 Å². The lowest BCUT2D eigenvalue weighted by molar-refractivity contribution is 0.106. The van der Waals surface area contributed by atoms with Crippen molar-refractivity contribution in [3.8, 4) is 62.2 Å². The van der Waals surface area contributed by atoms with E-state index >= 15 is 0 Å². The first kappa shape index (κ1) is 27.6. The van der Waals surface area contributed by atoms with Crippen LogP contribution in [-0.4, -0.2) is 15.0 Å². The Morgan fingerprint density at radius 3 is 1.87 bits per heavy atom. The predicted molar refractivity (Wildman–Crippen MR) is 194 cm³/mol. The highest BCUT2D eigenvalue weighted by Crippen LogP contribution is 2.46. The third-order valence-electron chi connectivity index (χ3n) is 8.99. The number of aromatic nitrogens is 3. The molecule has 6 aromatic carbocycles. The van der Waals surface area contributed by atoms with Gasteiger partial charge in [-0.1, -0.05) is 121 Å². The molecule has 0 bridgehead atoms. The number of fused-ring (bicyclic) bond motifs is 6. The van der Waals surface area contributed by atoms with Gasteiger partial charge in [-0.2, -0.15) is 0 Å². The lowest BCUT2D eigenvalue weighted by Gasteiger charge is -2.35. The predicted octanol–water partition coefficient (Wildman–Crippen LogP) is 11.2. The van der Waals surface area contributed by atoms with Crippen LogP contribution in [0.15, 0.2) is 140 Å². The van der Waals surface area contributed by atoms with E-state index in [9.17, 15) is 0 Å². The van der Waals surface area contributed by atoms with Crippen LogP contribution in [0.4, 0.5) is 0 Å². The van der Waals surface area contributed by atoms with Gasteiger partial charge in [0.1, 0.15) is 11.4 Å². The van der Waals surface area contributed by atoms with E-state index in [0.717, 1.165) is 39.1 Å². The molecule has 0 saturated heterocycles. The van der Waals surface area contributed by atoms with Crippen LogP contribution in [0, 0.1) is 0 Å². The lowest BCUT2D eigenvalue weighted by Crippen LogP contribution is -2.29. The van der Waals surface area contributed by atoms with Crippen molar-refractivity contribution in [3.63, 3.8) is 0 Å². The minimum Gasteiger partial charge on any atom is -0.482 e. The Hall–Kier alpha value is -5.65. The molecular formula is C42H29N3OS. The summed E-state index contributed by atoms with van der Waals surface area (Å²) in [5.74, 6) is 2.86. The largest absolute Gasteiger partial charge is 0.482 e. The van der Waals surface area contributed by atoms with Crippen LogP contribution in [0.25, 0.3) is 76.6 Å². The van der Waals surface area contributed by atoms with Gasteiger partial charge in [0.05, 0.1) is 0 Å². The van der Waals surface area contributed by atoms with Crippen molar-refractivity contribution < 1.29 is 4.74 Å². The molecule has 0 amide bonds. The van der Waals surface area contributed by atoms with Gasteiger partial charge in [-0.3, -0.25) is 0 Å². The van der Waals surface area contributed by atoms with Crippen LogP contribution in [0.3, 0.4) is 0 Å². The summed E-state index contributed by atoms with van der Waals surface area (Å²) in [6.07, 6.45) is 0. The van der Waals surface area contributed by atoms with Crippen LogP contribution in [0.5, 0.6) is 5.75 Å².